The summed E-state index contributed by atoms with van der Waals surface area (Å²) in [5, 5.41) is 3.10. The number of fused-ring (bicyclic) bond motifs is 10. The molecule has 0 atom stereocenters. The third-order valence-corrected chi connectivity index (χ3v) is 13.3. The monoisotopic (exact) mass is 829 g/mol. The summed E-state index contributed by atoms with van der Waals surface area (Å²) >= 11 is 0. The molecule has 0 saturated carbocycles. The van der Waals surface area contributed by atoms with Gasteiger partial charge in [0.2, 0.25) is 0 Å². The maximum atomic E-state index is 7.54. The second kappa shape index (κ2) is 14.0. The van der Waals surface area contributed by atoms with Gasteiger partial charge in [0.05, 0.1) is 28.1 Å². The lowest BCUT2D eigenvalue weighted by Gasteiger charge is -2.44. The molecule has 0 fully saturated rings. The van der Waals surface area contributed by atoms with E-state index in [9.17, 15) is 0 Å². The summed E-state index contributed by atoms with van der Waals surface area (Å²) in [7, 11) is 0. The van der Waals surface area contributed by atoms with Crippen molar-refractivity contribution in [2.45, 2.75) is 52.4 Å². The van der Waals surface area contributed by atoms with E-state index in [1.807, 2.05) is 12.1 Å². The Morgan fingerprint density at radius 2 is 1.00 bits per heavy atom. The van der Waals surface area contributed by atoms with Crippen LogP contribution >= 0.6 is 0 Å². The maximum Gasteiger partial charge on any atom is 0.297 e. The first-order chi connectivity index (χ1) is 31.0. The van der Waals surface area contributed by atoms with Gasteiger partial charge in [0.15, 0.2) is 0 Å². The number of rotatable bonds is 5. The molecule has 4 heterocycles. The van der Waals surface area contributed by atoms with E-state index < -0.39 is 0 Å². The summed E-state index contributed by atoms with van der Waals surface area (Å²) in [5.41, 5.74) is 18.2. The Morgan fingerprint density at radius 3 is 1.59 bits per heavy atom. The highest BCUT2D eigenvalue weighted by molar-refractivity contribution is 7.00. The zero-order valence-corrected chi connectivity index (χ0v) is 37.1. The molecular formula is C58H48BN3O2. The first-order valence-corrected chi connectivity index (χ1v) is 22.4. The van der Waals surface area contributed by atoms with Gasteiger partial charge in [-0.25, -0.2) is 0 Å². The molecule has 0 saturated heterocycles. The van der Waals surface area contributed by atoms with Crippen LogP contribution in [0, 0.1) is 0 Å². The quantitative estimate of drug-likeness (QED) is 0.162. The summed E-state index contributed by atoms with van der Waals surface area (Å²) in [4.78, 5) is 7.35. The molecule has 2 aliphatic heterocycles. The topological polar surface area (TPSA) is 36.0 Å². The van der Waals surface area contributed by atoms with E-state index in [-0.39, 0.29) is 17.5 Å². The number of furan rings is 2. The van der Waals surface area contributed by atoms with Gasteiger partial charge in [0.1, 0.15) is 16.7 Å². The van der Waals surface area contributed by atoms with Crippen LogP contribution in [0.4, 0.5) is 51.2 Å². The van der Waals surface area contributed by atoms with Gasteiger partial charge in [-0.15, -0.1) is 0 Å². The Morgan fingerprint density at radius 1 is 0.453 bits per heavy atom. The lowest BCUT2D eigenvalue weighted by Crippen LogP contribution is -2.61. The molecule has 64 heavy (non-hydrogen) atoms. The molecule has 2 aliphatic rings. The molecular weight excluding hydrogens is 781 g/mol. The van der Waals surface area contributed by atoms with Crippen LogP contribution in [0.2, 0.25) is 0 Å². The number of para-hydroxylation sites is 4. The van der Waals surface area contributed by atoms with Crippen molar-refractivity contribution in [2.24, 2.45) is 0 Å². The Kier molecular flexibility index (Phi) is 8.39. The number of anilines is 9. The maximum absolute atomic E-state index is 7.54. The highest BCUT2D eigenvalue weighted by Crippen LogP contribution is 2.51. The largest absolute Gasteiger partial charge is 0.467 e. The van der Waals surface area contributed by atoms with E-state index in [2.05, 4.69) is 226 Å². The summed E-state index contributed by atoms with van der Waals surface area (Å²) in [6.45, 7) is 13.4. The number of nitrogens with zero attached hydrogens (tertiary/aromatic N) is 3. The highest BCUT2D eigenvalue weighted by atomic mass is 16.3. The number of hydrogen-bond donors (Lipinski definition) is 0. The normalized spacial score (nSPS) is 13.4. The summed E-state index contributed by atoms with van der Waals surface area (Å²) < 4.78 is 14.0. The van der Waals surface area contributed by atoms with Gasteiger partial charge in [0, 0.05) is 44.9 Å². The van der Waals surface area contributed by atoms with E-state index in [1.54, 1.807) is 0 Å². The van der Waals surface area contributed by atoms with E-state index >= 15 is 0 Å². The smallest absolute Gasteiger partial charge is 0.297 e. The molecule has 2 aromatic heterocycles. The van der Waals surface area contributed by atoms with Crippen LogP contribution in [0.25, 0.3) is 32.9 Å². The van der Waals surface area contributed by atoms with Crippen LogP contribution < -0.4 is 31.3 Å². The van der Waals surface area contributed by atoms with Crippen molar-refractivity contribution in [2.75, 3.05) is 14.7 Å². The van der Waals surface area contributed by atoms with Crippen molar-refractivity contribution in [1.29, 1.82) is 0 Å². The van der Waals surface area contributed by atoms with Crippen molar-refractivity contribution in [3.63, 3.8) is 0 Å². The Labute approximate surface area is 374 Å². The van der Waals surface area contributed by atoms with Gasteiger partial charge in [-0.1, -0.05) is 139 Å². The average Bonchev–Trinajstić information content (AvgIpc) is 3.88. The van der Waals surface area contributed by atoms with Crippen LogP contribution in [-0.2, 0) is 10.8 Å². The number of benzene rings is 8. The van der Waals surface area contributed by atoms with Crippen LogP contribution in [0.15, 0.2) is 191 Å². The van der Waals surface area contributed by atoms with Crippen molar-refractivity contribution in [3.8, 4) is 0 Å². The van der Waals surface area contributed by atoms with E-state index in [0.29, 0.717) is 0 Å². The minimum Gasteiger partial charge on any atom is -0.467 e. The van der Waals surface area contributed by atoms with Crippen LogP contribution in [0.5, 0.6) is 0 Å². The third-order valence-electron chi connectivity index (χ3n) is 13.3. The highest BCUT2D eigenvalue weighted by Gasteiger charge is 2.48. The summed E-state index contributed by atoms with van der Waals surface area (Å²) in [6, 6.07) is 66.0. The van der Waals surface area contributed by atoms with Crippen molar-refractivity contribution < 1.29 is 8.83 Å². The van der Waals surface area contributed by atoms with Gasteiger partial charge < -0.3 is 23.5 Å². The SMILES string of the molecule is CC(C)(C)c1ccc(N2c3cccc4c3B(c3cccc(N(c5ccccc5)c5ccccc5)c32)c2oc3c(ccc5oc6ccccc6c53)c2N4c2ccc(C(C)(C)C)cc2)cc1. The minimum atomic E-state index is -0.236. The molecule has 10 aromatic rings. The standard InChI is InChI=1S/C58H48BN3O2/c1-57(2,3)37-27-31-41(32-28-37)61-46-23-16-24-47-52(46)59(56-53(61)44-35-36-50-51(55(44)64-56)43-21-13-14-26-49(43)63-50)45-22-15-25-48(54(45)62(47)42-33-29-38(30-34-42)58(4,5)6)60(39-17-9-7-10-18-39)40-19-11-8-12-20-40/h7-36H,1-6H3. The van der Waals surface area contributed by atoms with Gasteiger partial charge in [-0.05, 0) is 118 Å². The molecule has 5 nitrogen and oxygen atoms in total. The fraction of sp³-hybridized carbons (Fsp3) is 0.138. The van der Waals surface area contributed by atoms with Crippen LogP contribution in [-0.4, -0.2) is 6.71 Å². The van der Waals surface area contributed by atoms with E-state index in [4.69, 9.17) is 8.83 Å². The molecule has 0 aliphatic carbocycles. The van der Waals surface area contributed by atoms with Crippen LogP contribution in [0.3, 0.4) is 0 Å². The first-order valence-electron chi connectivity index (χ1n) is 22.4. The zero-order chi connectivity index (χ0) is 43.5. The fourth-order valence-corrected chi connectivity index (χ4v) is 10.2. The van der Waals surface area contributed by atoms with Crippen molar-refractivity contribution in [1.82, 2.24) is 0 Å². The molecule has 0 spiro atoms. The zero-order valence-electron chi connectivity index (χ0n) is 37.1. The Bertz CT molecular complexity index is 3370. The Hall–Kier alpha value is -7.44. The van der Waals surface area contributed by atoms with Gasteiger partial charge >= 0.3 is 0 Å². The van der Waals surface area contributed by atoms with E-state index in [1.165, 1.54) is 22.1 Å². The molecule has 0 bridgehead atoms. The lowest BCUT2D eigenvalue weighted by atomic mass is 9.35. The lowest BCUT2D eigenvalue weighted by molar-refractivity contribution is 0.590. The number of hydrogen-bond acceptors (Lipinski definition) is 5. The molecule has 0 radical (unpaired) electrons. The van der Waals surface area contributed by atoms with Gasteiger partial charge in [-0.2, -0.15) is 0 Å². The Balaban J connectivity index is 1.20. The molecule has 12 rings (SSSR count). The second-order valence-electron chi connectivity index (χ2n) is 19.4. The summed E-state index contributed by atoms with van der Waals surface area (Å²) in [5.74, 6) is 0. The third kappa shape index (κ3) is 5.78. The molecule has 6 heteroatoms. The van der Waals surface area contributed by atoms with Crippen LogP contribution in [0.1, 0.15) is 52.7 Å². The predicted molar refractivity (Wildman–Crippen MR) is 270 cm³/mol. The van der Waals surface area contributed by atoms with Gasteiger partial charge in [0.25, 0.3) is 6.71 Å². The molecule has 0 N–H and O–H groups in total. The van der Waals surface area contributed by atoms with Gasteiger partial charge in [-0.3, -0.25) is 0 Å². The fourth-order valence-electron chi connectivity index (χ4n) is 10.2. The van der Waals surface area contributed by atoms with E-state index in [0.717, 1.165) is 89.8 Å². The molecule has 310 valence electrons. The summed E-state index contributed by atoms with van der Waals surface area (Å²) in [6.07, 6.45) is 0. The molecule has 0 unspecified atom stereocenters. The molecule has 0 amide bonds. The second-order valence-corrected chi connectivity index (χ2v) is 19.4. The first kappa shape index (κ1) is 38.3. The average molecular weight is 830 g/mol. The minimum absolute atomic E-state index is 0.00435. The molecule has 8 aromatic carbocycles. The van der Waals surface area contributed by atoms with Crippen molar-refractivity contribution in [3.05, 3.63) is 193 Å². The predicted octanol–water partition coefficient (Wildman–Crippen LogP) is 14.5. The van der Waals surface area contributed by atoms with Crippen molar-refractivity contribution >= 4 is 107 Å².